The maximum Gasteiger partial charge on any atom is 0.414 e. The molecule has 0 aliphatic carbocycles. The summed E-state index contributed by atoms with van der Waals surface area (Å²) in [6.45, 7) is 3.81. The third kappa shape index (κ3) is 4.34. The average molecular weight is 380 g/mol. The predicted molar refractivity (Wildman–Crippen MR) is 96.6 cm³/mol. The topological polar surface area (TPSA) is 60.5 Å². The fourth-order valence-corrected chi connectivity index (χ4v) is 3.60. The summed E-state index contributed by atoms with van der Waals surface area (Å²) in [5.41, 5.74) is 1.02. The zero-order valence-electron chi connectivity index (χ0n) is 15.3. The van der Waals surface area contributed by atoms with Crippen LogP contribution in [0.3, 0.4) is 0 Å². The van der Waals surface area contributed by atoms with Gasteiger partial charge < -0.3 is 23.8 Å². The summed E-state index contributed by atoms with van der Waals surface area (Å²) < 4.78 is 36.5. The third-order valence-corrected chi connectivity index (χ3v) is 5.07. The van der Waals surface area contributed by atoms with Gasteiger partial charge in [-0.25, -0.2) is 9.18 Å². The van der Waals surface area contributed by atoms with Crippen molar-refractivity contribution in [2.45, 2.75) is 31.7 Å². The van der Waals surface area contributed by atoms with Crippen molar-refractivity contribution < 1.29 is 28.1 Å². The summed E-state index contributed by atoms with van der Waals surface area (Å²) >= 11 is 0. The number of morpholine rings is 1. The number of hydrogen-bond donors (Lipinski definition) is 0. The van der Waals surface area contributed by atoms with E-state index in [1.54, 1.807) is 12.1 Å². The van der Waals surface area contributed by atoms with E-state index >= 15 is 0 Å². The monoisotopic (exact) mass is 380 g/mol. The number of anilines is 2. The third-order valence-electron chi connectivity index (χ3n) is 5.07. The predicted octanol–water partition coefficient (Wildman–Crippen LogP) is 2.53. The number of nitrogens with zero attached hydrogens (tertiary/aromatic N) is 2. The second kappa shape index (κ2) is 8.41. The van der Waals surface area contributed by atoms with Gasteiger partial charge in [0.15, 0.2) is 6.29 Å². The van der Waals surface area contributed by atoms with Crippen molar-refractivity contribution in [1.29, 1.82) is 0 Å². The van der Waals surface area contributed by atoms with Crippen LogP contribution in [0.15, 0.2) is 18.2 Å². The van der Waals surface area contributed by atoms with Crippen molar-refractivity contribution in [3.63, 3.8) is 0 Å². The van der Waals surface area contributed by atoms with Crippen molar-refractivity contribution in [2.24, 2.45) is 0 Å². The van der Waals surface area contributed by atoms with E-state index in [2.05, 4.69) is 0 Å². The molecule has 3 aliphatic heterocycles. The van der Waals surface area contributed by atoms with E-state index in [4.69, 9.17) is 18.9 Å². The molecule has 0 bridgehead atoms. The molecule has 27 heavy (non-hydrogen) atoms. The molecular formula is C19H25FN2O5. The number of hydrogen-bond acceptors (Lipinski definition) is 6. The number of carbonyl (C=O) groups is 1. The van der Waals surface area contributed by atoms with Gasteiger partial charge in [0.1, 0.15) is 11.9 Å². The maximum absolute atomic E-state index is 14.6. The molecule has 1 aromatic rings. The van der Waals surface area contributed by atoms with Gasteiger partial charge in [0, 0.05) is 19.7 Å². The Bertz CT molecular complexity index is 662. The summed E-state index contributed by atoms with van der Waals surface area (Å²) in [5, 5.41) is 0. The Hall–Kier alpha value is -1.90. The second-order valence-corrected chi connectivity index (χ2v) is 6.98. The van der Waals surface area contributed by atoms with Gasteiger partial charge in [-0.3, -0.25) is 4.90 Å². The number of amides is 1. The van der Waals surface area contributed by atoms with Crippen LogP contribution in [0.4, 0.5) is 20.6 Å². The van der Waals surface area contributed by atoms with Crippen LogP contribution in [0.5, 0.6) is 0 Å². The standard InChI is InChI=1S/C19H25FN2O5/c20-16-11-14(4-5-17(16)21-6-9-24-10-7-21)22-12-15(27-19(22)23)13-26-18-3-1-2-8-25-18/h4-5,11,15,18H,1-3,6-10,12-13H2. The first-order valence-electron chi connectivity index (χ1n) is 9.54. The molecule has 0 spiro atoms. The van der Waals surface area contributed by atoms with E-state index in [0.717, 1.165) is 19.3 Å². The minimum Gasteiger partial charge on any atom is -0.441 e. The van der Waals surface area contributed by atoms with Crippen LogP contribution in [0.25, 0.3) is 0 Å². The Balaban J connectivity index is 1.36. The zero-order valence-corrected chi connectivity index (χ0v) is 15.3. The highest BCUT2D eigenvalue weighted by Crippen LogP contribution is 2.28. The summed E-state index contributed by atoms with van der Waals surface area (Å²) in [4.78, 5) is 15.6. The van der Waals surface area contributed by atoms with Gasteiger partial charge in [0.05, 0.1) is 37.7 Å². The Morgan fingerprint density at radius 1 is 1.19 bits per heavy atom. The van der Waals surface area contributed by atoms with Crippen molar-refractivity contribution in [3.05, 3.63) is 24.0 Å². The molecule has 4 rings (SSSR count). The molecule has 0 saturated carbocycles. The second-order valence-electron chi connectivity index (χ2n) is 6.98. The largest absolute Gasteiger partial charge is 0.441 e. The molecule has 8 heteroatoms. The summed E-state index contributed by atoms with van der Waals surface area (Å²) in [6.07, 6.45) is 1.90. The lowest BCUT2D eigenvalue weighted by atomic mass is 10.2. The highest BCUT2D eigenvalue weighted by molar-refractivity contribution is 5.90. The molecule has 1 amide bonds. The smallest absolute Gasteiger partial charge is 0.414 e. The Labute approximate surface area is 157 Å². The molecule has 3 fully saturated rings. The van der Waals surface area contributed by atoms with Crippen LogP contribution < -0.4 is 9.80 Å². The number of halogens is 1. The van der Waals surface area contributed by atoms with Crippen LogP contribution in [0.2, 0.25) is 0 Å². The number of carbonyl (C=O) groups excluding carboxylic acids is 1. The Kier molecular flexibility index (Phi) is 5.75. The van der Waals surface area contributed by atoms with Crippen LogP contribution >= 0.6 is 0 Å². The maximum atomic E-state index is 14.6. The van der Waals surface area contributed by atoms with Crippen molar-refractivity contribution in [1.82, 2.24) is 0 Å². The van der Waals surface area contributed by atoms with Gasteiger partial charge in [-0.05, 0) is 37.5 Å². The summed E-state index contributed by atoms with van der Waals surface area (Å²) in [7, 11) is 0. The van der Waals surface area contributed by atoms with Gasteiger partial charge in [-0.15, -0.1) is 0 Å². The summed E-state index contributed by atoms with van der Waals surface area (Å²) in [6, 6.07) is 4.85. The van der Waals surface area contributed by atoms with Crippen molar-refractivity contribution in [2.75, 3.05) is 55.9 Å². The lowest BCUT2D eigenvalue weighted by molar-refractivity contribution is -0.172. The number of cyclic esters (lactones) is 1. The van der Waals surface area contributed by atoms with E-state index in [1.165, 1.54) is 11.0 Å². The van der Waals surface area contributed by atoms with E-state index in [0.29, 0.717) is 50.8 Å². The Morgan fingerprint density at radius 2 is 2.04 bits per heavy atom. The fraction of sp³-hybridized carbons (Fsp3) is 0.632. The van der Waals surface area contributed by atoms with Crippen molar-refractivity contribution >= 4 is 17.5 Å². The average Bonchev–Trinajstić information content (AvgIpc) is 3.08. The van der Waals surface area contributed by atoms with Gasteiger partial charge in [0.25, 0.3) is 0 Å². The van der Waals surface area contributed by atoms with Crippen LogP contribution in [0, 0.1) is 5.82 Å². The first-order valence-corrected chi connectivity index (χ1v) is 9.54. The number of rotatable bonds is 5. The van der Waals surface area contributed by atoms with Gasteiger partial charge in [-0.1, -0.05) is 0 Å². The quantitative estimate of drug-likeness (QED) is 0.782. The zero-order chi connectivity index (χ0) is 18.6. The highest BCUT2D eigenvalue weighted by Gasteiger charge is 2.34. The lowest BCUT2D eigenvalue weighted by Crippen LogP contribution is -2.36. The molecule has 148 valence electrons. The van der Waals surface area contributed by atoms with Crippen LogP contribution in [0.1, 0.15) is 19.3 Å². The van der Waals surface area contributed by atoms with Crippen molar-refractivity contribution in [3.8, 4) is 0 Å². The van der Waals surface area contributed by atoms with Gasteiger partial charge >= 0.3 is 6.09 Å². The molecule has 3 aliphatic rings. The fourth-order valence-electron chi connectivity index (χ4n) is 3.60. The molecule has 0 N–H and O–H groups in total. The first kappa shape index (κ1) is 18.5. The van der Waals surface area contributed by atoms with Crippen LogP contribution in [-0.2, 0) is 18.9 Å². The minimum atomic E-state index is -0.480. The molecule has 0 aromatic heterocycles. The van der Waals surface area contributed by atoms with E-state index < -0.39 is 6.09 Å². The van der Waals surface area contributed by atoms with Gasteiger partial charge in [-0.2, -0.15) is 0 Å². The molecule has 3 heterocycles. The molecule has 2 atom stereocenters. The normalized spacial score (nSPS) is 26.3. The molecular weight excluding hydrogens is 355 g/mol. The molecule has 1 aromatic carbocycles. The number of benzene rings is 1. The molecule has 0 radical (unpaired) electrons. The highest BCUT2D eigenvalue weighted by atomic mass is 19.1. The van der Waals surface area contributed by atoms with E-state index in [9.17, 15) is 9.18 Å². The minimum absolute atomic E-state index is 0.225. The Morgan fingerprint density at radius 3 is 2.78 bits per heavy atom. The number of ether oxygens (including phenoxy) is 4. The first-order chi connectivity index (χ1) is 13.2. The molecule has 2 unspecified atom stereocenters. The SMILES string of the molecule is O=C1OC(COC2CCCCO2)CN1c1ccc(N2CCOCC2)c(F)c1. The lowest BCUT2D eigenvalue weighted by Gasteiger charge is -2.29. The van der Waals surface area contributed by atoms with Gasteiger partial charge in [0.2, 0.25) is 0 Å². The summed E-state index contributed by atoms with van der Waals surface area (Å²) in [5.74, 6) is -0.350. The van der Waals surface area contributed by atoms with E-state index in [-0.39, 0.29) is 24.8 Å². The molecule has 7 nitrogen and oxygen atoms in total. The van der Waals surface area contributed by atoms with E-state index in [1.807, 2.05) is 4.90 Å². The molecule has 3 saturated heterocycles. The van der Waals surface area contributed by atoms with Crippen LogP contribution in [-0.4, -0.2) is 64.5 Å².